The van der Waals surface area contributed by atoms with Crippen LogP contribution in [0.25, 0.3) is 16.3 Å². The number of benzene rings is 2. The lowest BCUT2D eigenvalue weighted by molar-refractivity contribution is 0.392. The van der Waals surface area contributed by atoms with Crippen LogP contribution in [0.15, 0.2) is 43.0 Å². The number of hydrogen-bond donors (Lipinski definition) is 0. The molecule has 0 heterocycles. The summed E-state index contributed by atoms with van der Waals surface area (Å²) in [6, 6.07) is 12.5. The van der Waals surface area contributed by atoms with Crippen molar-refractivity contribution < 1.29 is 4.74 Å². The fourth-order valence-electron chi connectivity index (χ4n) is 1.93. The van der Waals surface area contributed by atoms with Crippen molar-refractivity contribution in [1.29, 1.82) is 0 Å². The van der Waals surface area contributed by atoms with Crippen LogP contribution in [0.4, 0.5) is 0 Å². The second-order valence-electron chi connectivity index (χ2n) is 3.87. The van der Waals surface area contributed by atoms with Gasteiger partial charge in [-0.3, -0.25) is 0 Å². The van der Waals surface area contributed by atoms with E-state index in [1.54, 1.807) is 0 Å². The zero-order valence-corrected chi connectivity index (χ0v) is 11.8. The van der Waals surface area contributed by atoms with E-state index in [1.165, 1.54) is 16.3 Å². The summed E-state index contributed by atoms with van der Waals surface area (Å²) in [5.41, 5.74) is 2.30. The zero-order valence-electron chi connectivity index (χ0n) is 9.79. The Morgan fingerprint density at radius 2 is 1.88 bits per heavy atom. The highest BCUT2D eigenvalue weighted by Crippen LogP contribution is 2.30. The molecule has 0 aliphatic carbocycles. The number of allylic oxidation sites excluding steroid dienone is 1. The van der Waals surface area contributed by atoms with Crippen LogP contribution in [0.1, 0.15) is 12.5 Å². The van der Waals surface area contributed by atoms with Gasteiger partial charge in [-0.2, -0.15) is 0 Å². The van der Waals surface area contributed by atoms with E-state index in [4.69, 9.17) is 4.74 Å². The standard InChI is InChI=1S/C14H16OSi/c1-10(2)11-5-3-7-13-12(11)6-4-8-14(13)15-9-16/h3-8H,1,9H2,2,16H3. The molecule has 0 aliphatic rings. The fourth-order valence-corrected chi connectivity index (χ4v) is 2.25. The molecule has 2 heteroatoms. The third-order valence-electron chi connectivity index (χ3n) is 2.64. The van der Waals surface area contributed by atoms with Crippen LogP contribution >= 0.6 is 0 Å². The quantitative estimate of drug-likeness (QED) is 0.734. The molecule has 0 saturated heterocycles. The van der Waals surface area contributed by atoms with Crippen LogP contribution in [0.5, 0.6) is 5.75 Å². The molecule has 0 saturated carbocycles. The third-order valence-corrected chi connectivity index (χ3v) is 2.93. The van der Waals surface area contributed by atoms with Crippen molar-refractivity contribution in [2.45, 2.75) is 6.92 Å². The third kappa shape index (κ3) is 1.88. The molecule has 0 radical (unpaired) electrons. The van der Waals surface area contributed by atoms with E-state index in [-0.39, 0.29) is 0 Å². The molecule has 0 N–H and O–H groups in total. The first-order valence-electron chi connectivity index (χ1n) is 5.54. The molecule has 1 nitrogen and oxygen atoms in total. The number of ether oxygens (including phenoxy) is 1. The second-order valence-corrected chi connectivity index (χ2v) is 4.45. The molecule has 0 aliphatic heterocycles. The number of rotatable bonds is 3. The van der Waals surface area contributed by atoms with Gasteiger partial charge in [-0.05, 0) is 23.9 Å². The number of hydrogen-bond acceptors (Lipinski definition) is 1. The smallest absolute Gasteiger partial charge is 0.126 e. The first-order valence-corrected chi connectivity index (χ1v) is 6.96. The van der Waals surface area contributed by atoms with E-state index in [1.807, 2.05) is 19.1 Å². The van der Waals surface area contributed by atoms with Crippen LogP contribution in [0, 0.1) is 0 Å². The average Bonchev–Trinajstić information content (AvgIpc) is 2.29. The van der Waals surface area contributed by atoms with E-state index < -0.39 is 0 Å². The second kappa shape index (κ2) is 4.54. The van der Waals surface area contributed by atoms with E-state index in [0.717, 1.165) is 27.8 Å². The molecular formula is C14H16OSi. The molecule has 0 fully saturated rings. The van der Waals surface area contributed by atoms with E-state index >= 15 is 0 Å². The van der Waals surface area contributed by atoms with Gasteiger partial charge < -0.3 is 4.74 Å². The van der Waals surface area contributed by atoms with Crippen molar-refractivity contribution >= 4 is 26.6 Å². The lowest BCUT2D eigenvalue weighted by Crippen LogP contribution is -1.96. The molecule has 2 aromatic carbocycles. The summed E-state index contributed by atoms with van der Waals surface area (Å²) in [5.74, 6) is 0.982. The largest absolute Gasteiger partial charge is 0.498 e. The SMILES string of the molecule is C=C(C)c1cccc2c(OC[SiH3])cccc12. The summed E-state index contributed by atoms with van der Waals surface area (Å²) in [6.45, 7) is 6.05. The summed E-state index contributed by atoms with van der Waals surface area (Å²) >= 11 is 0. The molecule has 0 amide bonds. The van der Waals surface area contributed by atoms with Gasteiger partial charge in [0, 0.05) is 5.39 Å². The van der Waals surface area contributed by atoms with Crippen LogP contribution in [0.3, 0.4) is 0 Å². The molecular weight excluding hydrogens is 212 g/mol. The lowest BCUT2D eigenvalue weighted by Gasteiger charge is -2.10. The highest BCUT2D eigenvalue weighted by Gasteiger charge is 2.05. The van der Waals surface area contributed by atoms with Gasteiger partial charge in [0.1, 0.15) is 5.75 Å². The van der Waals surface area contributed by atoms with Gasteiger partial charge in [0.15, 0.2) is 0 Å². The van der Waals surface area contributed by atoms with Gasteiger partial charge >= 0.3 is 0 Å². The molecule has 0 unspecified atom stereocenters. The molecule has 0 spiro atoms. The molecule has 2 rings (SSSR count). The lowest BCUT2D eigenvalue weighted by atomic mass is 10.00. The van der Waals surface area contributed by atoms with Gasteiger partial charge in [0.25, 0.3) is 0 Å². The minimum Gasteiger partial charge on any atom is -0.498 e. The highest BCUT2D eigenvalue weighted by molar-refractivity contribution is 6.08. The fraction of sp³-hybridized carbons (Fsp3) is 0.143. The molecule has 16 heavy (non-hydrogen) atoms. The van der Waals surface area contributed by atoms with Crippen molar-refractivity contribution in [2.75, 3.05) is 6.23 Å². The minimum absolute atomic E-state index is 0.830. The highest BCUT2D eigenvalue weighted by atomic mass is 28.1. The van der Waals surface area contributed by atoms with Crippen molar-refractivity contribution in [1.82, 2.24) is 0 Å². The monoisotopic (exact) mass is 228 g/mol. The van der Waals surface area contributed by atoms with Gasteiger partial charge in [0.2, 0.25) is 0 Å². The summed E-state index contributed by atoms with van der Waals surface area (Å²) in [4.78, 5) is 0. The van der Waals surface area contributed by atoms with Crippen LogP contribution in [-0.2, 0) is 0 Å². The van der Waals surface area contributed by atoms with E-state index in [9.17, 15) is 0 Å². The molecule has 0 atom stereocenters. The Balaban J connectivity index is 2.71. The van der Waals surface area contributed by atoms with Crippen LogP contribution < -0.4 is 4.74 Å². The van der Waals surface area contributed by atoms with Crippen molar-refractivity contribution in [3.8, 4) is 5.75 Å². The van der Waals surface area contributed by atoms with Crippen LogP contribution in [-0.4, -0.2) is 16.5 Å². The molecule has 0 aromatic heterocycles. The Bertz CT molecular complexity index is 531. The van der Waals surface area contributed by atoms with Gasteiger partial charge in [-0.25, -0.2) is 0 Å². The van der Waals surface area contributed by atoms with E-state index in [0.29, 0.717) is 0 Å². The summed E-state index contributed by atoms with van der Waals surface area (Å²) in [7, 11) is 1.05. The maximum atomic E-state index is 5.69. The Morgan fingerprint density at radius 1 is 1.19 bits per heavy atom. The normalized spacial score (nSPS) is 10.6. The Labute approximate surface area is 99.2 Å². The molecule has 2 aromatic rings. The van der Waals surface area contributed by atoms with Crippen molar-refractivity contribution in [3.05, 3.63) is 48.5 Å². The first kappa shape index (κ1) is 11.0. The topological polar surface area (TPSA) is 9.23 Å². The van der Waals surface area contributed by atoms with Crippen molar-refractivity contribution in [3.63, 3.8) is 0 Å². The predicted molar refractivity (Wildman–Crippen MR) is 74.1 cm³/mol. The van der Waals surface area contributed by atoms with Crippen LogP contribution in [0.2, 0.25) is 0 Å². The van der Waals surface area contributed by atoms with Crippen molar-refractivity contribution in [2.24, 2.45) is 0 Å². The molecule has 82 valence electrons. The maximum Gasteiger partial charge on any atom is 0.126 e. The Morgan fingerprint density at radius 3 is 2.56 bits per heavy atom. The minimum atomic E-state index is 0.830. The molecule has 0 bridgehead atoms. The summed E-state index contributed by atoms with van der Waals surface area (Å²) in [5, 5.41) is 2.40. The van der Waals surface area contributed by atoms with Gasteiger partial charge in [-0.15, -0.1) is 0 Å². The predicted octanol–water partition coefficient (Wildman–Crippen LogP) is 2.57. The Kier molecular flexibility index (Phi) is 3.11. The number of fused-ring (bicyclic) bond motifs is 1. The summed E-state index contributed by atoms with van der Waals surface area (Å²) in [6.07, 6.45) is 0.830. The first-order chi connectivity index (χ1) is 7.74. The van der Waals surface area contributed by atoms with Gasteiger partial charge in [0.05, 0.1) is 16.5 Å². The Hall–Kier alpha value is -1.54. The maximum absolute atomic E-state index is 5.69. The average molecular weight is 228 g/mol. The van der Waals surface area contributed by atoms with Gasteiger partial charge in [-0.1, -0.05) is 42.5 Å². The van der Waals surface area contributed by atoms with E-state index in [2.05, 4.69) is 30.8 Å². The zero-order chi connectivity index (χ0) is 11.5. The summed E-state index contributed by atoms with van der Waals surface area (Å²) < 4.78 is 5.69.